The van der Waals surface area contributed by atoms with Crippen molar-refractivity contribution in [1.29, 1.82) is 0 Å². The van der Waals surface area contributed by atoms with Crippen molar-refractivity contribution in [3.8, 4) is 0 Å². The molecule has 0 N–H and O–H groups in total. The predicted octanol–water partition coefficient (Wildman–Crippen LogP) is 5.16. The maximum atomic E-state index is 14.0. The van der Waals surface area contributed by atoms with Gasteiger partial charge in [0.2, 0.25) is 0 Å². The minimum Gasteiger partial charge on any atom is -0.368 e. The van der Waals surface area contributed by atoms with Gasteiger partial charge in [-0.2, -0.15) is 0 Å². The van der Waals surface area contributed by atoms with Gasteiger partial charge >= 0.3 is 0 Å². The molecule has 6 nitrogen and oxygen atoms in total. The van der Waals surface area contributed by atoms with E-state index >= 15 is 0 Å². The number of nitrogens with zero attached hydrogens (tertiary/aromatic N) is 3. The molecule has 0 atom stereocenters. The maximum Gasteiger partial charge on any atom is 0.293 e. The first-order chi connectivity index (χ1) is 17.9. The summed E-state index contributed by atoms with van der Waals surface area (Å²) in [6, 6.07) is 19.2. The van der Waals surface area contributed by atoms with Gasteiger partial charge in [0.25, 0.3) is 17.1 Å². The van der Waals surface area contributed by atoms with Crippen LogP contribution in [0.1, 0.15) is 21.5 Å². The number of amides is 3. The Kier molecular flexibility index (Phi) is 7.05. The SMILES string of the molecule is O=C(c1cccc(C=C2SC(=O)N(Cc3ccccc3F)C2=O)c1)N1CCN(c2ccc(F)cc2)CC1. The summed E-state index contributed by atoms with van der Waals surface area (Å²) in [4.78, 5) is 43.6. The summed E-state index contributed by atoms with van der Waals surface area (Å²) in [6.07, 6.45) is 1.58. The van der Waals surface area contributed by atoms with Crippen molar-refractivity contribution in [2.75, 3.05) is 31.1 Å². The first-order valence-corrected chi connectivity index (χ1v) is 12.6. The number of imide groups is 1. The molecule has 2 heterocycles. The van der Waals surface area contributed by atoms with Crippen LogP contribution in [0.25, 0.3) is 6.08 Å². The highest BCUT2D eigenvalue weighted by atomic mass is 32.2. The van der Waals surface area contributed by atoms with Crippen molar-refractivity contribution in [2.24, 2.45) is 0 Å². The lowest BCUT2D eigenvalue weighted by atomic mass is 10.1. The highest BCUT2D eigenvalue weighted by molar-refractivity contribution is 8.18. The van der Waals surface area contributed by atoms with Crippen LogP contribution in [0.4, 0.5) is 19.3 Å². The molecule has 37 heavy (non-hydrogen) atoms. The molecule has 9 heteroatoms. The summed E-state index contributed by atoms with van der Waals surface area (Å²) in [5.74, 6) is -1.38. The van der Waals surface area contributed by atoms with E-state index in [1.54, 1.807) is 59.5 Å². The molecule has 3 amide bonds. The molecule has 0 bridgehead atoms. The van der Waals surface area contributed by atoms with E-state index in [0.29, 0.717) is 37.3 Å². The Hall–Kier alpha value is -3.98. The van der Waals surface area contributed by atoms with E-state index < -0.39 is 17.0 Å². The van der Waals surface area contributed by atoms with E-state index in [0.717, 1.165) is 22.3 Å². The van der Waals surface area contributed by atoms with Crippen LogP contribution in [-0.2, 0) is 11.3 Å². The van der Waals surface area contributed by atoms with Crippen LogP contribution in [0.3, 0.4) is 0 Å². The monoisotopic (exact) mass is 519 g/mol. The number of carbonyl (C=O) groups excluding carboxylic acids is 3. The highest BCUT2D eigenvalue weighted by Crippen LogP contribution is 2.33. The summed E-state index contributed by atoms with van der Waals surface area (Å²) >= 11 is 0.795. The second-order valence-electron chi connectivity index (χ2n) is 8.74. The van der Waals surface area contributed by atoms with Gasteiger partial charge in [0.15, 0.2) is 0 Å². The average Bonchev–Trinajstić information content (AvgIpc) is 3.17. The van der Waals surface area contributed by atoms with Crippen molar-refractivity contribution in [1.82, 2.24) is 9.80 Å². The first kappa shape index (κ1) is 24.7. The molecule has 2 fully saturated rings. The Morgan fingerprint density at radius 2 is 1.62 bits per heavy atom. The summed E-state index contributed by atoms with van der Waals surface area (Å²) in [6.45, 7) is 2.17. The van der Waals surface area contributed by atoms with Crippen LogP contribution in [0.15, 0.2) is 77.7 Å². The maximum absolute atomic E-state index is 14.0. The van der Waals surface area contributed by atoms with Crippen LogP contribution in [0.5, 0.6) is 0 Å². The quantitative estimate of drug-likeness (QED) is 0.436. The molecule has 0 saturated carbocycles. The molecule has 0 aromatic heterocycles. The third-order valence-corrected chi connectivity index (χ3v) is 7.26. The Balaban J connectivity index is 1.25. The van der Waals surface area contributed by atoms with Crippen LogP contribution in [0, 0.1) is 11.6 Å². The molecular weight excluding hydrogens is 496 g/mol. The lowest BCUT2D eigenvalue weighted by Crippen LogP contribution is -2.48. The second-order valence-corrected chi connectivity index (χ2v) is 9.73. The Morgan fingerprint density at radius 3 is 2.35 bits per heavy atom. The molecule has 3 aromatic rings. The summed E-state index contributed by atoms with van der Waals surface area (Å²) < 4.78 is 27.2. The minimum absolute atomic E-state index is 0.123. The van der Waals surface area contributed by atoms with Gasteiger partial charge in [0, 0.05) is 43.0 Å². The summed E-state index contributed by atoms with van der Waals surface area (Å²) in [5.41, 5.74) is 2.28. The second kappa shape index (κ2) is 10.6. The van der Waals surface area contributed by atoms with E-state index in [1.165, 1.54) is 24.3 Å². The number of benzene rings is 3. The molecule has 5 rings (SSSR count). The molecule has 0 radical (unpaired) electrons. The number of carbonyl (C=O) groups is 3. The van der Waals surface area contributed by atoms with Crippen molar-refractivity contribution >= 4 is 40.6 Å². The van der Waals surface area contributed by atoms with E-state index in [1.807, 2.05) is 0 Å². The number of hydrogen-bond donors (Lipinski definition) is 0. The van der Waals surface area contributed by atoms with Gasteiger partial charge in [-0.25, -0.2) is 8.78 Å². The van der Waals surface area contributed by atoms with Gasteiger partial charge in [-0.1, -0.05) is 30.3 Å². The van der Waals surface area contributed by atoms with Crippen LogP contribution in [-0.4, -0.2) is 53.0 Å². The minimum atomic E-state index is -0.494. The molecule has 2 aliphatic heterocycles. The zero-order valence-electron chi connectivity index (χ0n) is 19.8. The van der Waals surface area contributed by atoms with Crippen LogP contribution < -0.4 is 4.90 Å². The van der Waals surface area contributed by atoms with Crippen molar-refractivity contribution < 1.29 is 23.2 Å². The number of halogens is 2. The molecule has 0 spiro atoms. The molecule has 0 unspecified atom stereocenters. The third-order valence-electron chi connectivity index (χ3n) is 6.35. The highest BCUT2D eigenvalue weighted by Gasteiger charge is 2.35. The lowest BCUT2D eigenvalue weighted by molar-refractivity contribution is -0.123. The van der Waals surface area contributed by atoms with Gasteiger partial charge in [-0.15, -0.1) is 0 Å². The van der Waals surface area contributed by atoms with Gasteiger partial charge < -0.3 is 9.80 Å². The van der Waals surface area contributed by atoms with E-state index in [-0.39, 0.29) is 28.7 Å². The smallest absolute Gasteiger partial charge is 0.293 e. The molecule has 3 aromatic carbocycles. The lowest BCUT2D eigenvalue weighted by Gasteiger charge is -2.36. The summed E-state index contributed by atoms with van der Waals surface area (Å²) in [5, 5.41) is -0.467. The zero-order chi connectivity index (χ0) is 25.9. The van der Waals surface area contributed by atoms with Crippen LogP contribution >= 0.6 is 11.8 Å². The molecule has 2 saturated heterocycles. The standard InChI is InChI=1S/C28H23F2N3O3S/c29-22-8-10-23(11-9-22)31-12-14-32(15-13-31)26(34)20-6-3-4-19(16-20)17-25-27(35)33(28(36)37-25)18-21-5-1-2-7-24(21)30/h1-11,16-17H,12-15,18H2. The fraction of sp³-hybridized carbons (Fsp3) is 0.179. The Bertz CT molecular complexity index is 1390. The fourth-order valence-electron chi connectivity index (χ4n) is 4.35. The predicted molar refractivity (Wildman–Crippen MR) is 139 cm³/mol. The van der Waals surface area contributed by atoms with Crippen molar-refractivity contribution in [3.05, 3.63) is 106 Å². The van der Waals surface area contributed by atoms with E-state index in [9.17, 15) is 23.2 Å². The van der Waals surface area contributed by atoms with Gasteiger partial charge in [0.05, 0.1) is 11.4 Å². The van der Waals surface area contributed by atoms with Crippen molar-refractivity contribution in [2.45, 2.75) is 6.54 Å². The topological polar surface area (TPSA) is 60.9 Å². The van der Waals surface area contributed by atoms with Crippen molar-refractivity contribution in [3.63, 3.8) is 0 Å². The average molecular weight is 520 g/mol. The normalized spacial score (nSPS) is 17.1. The Morgan fingerprint density at radius 1 is 0.892 bits per heavy atom. The van der Waals surface area contributed by atoms with Gasteiger partial charge in [-0.05, 0) is 65.9 Å². The fourth-order valence-corrected chi connectivity index (χ4v) is 5.19. The number of hydrogen-bond acceptors (Lipinski definition) is 5. The largest absolute Gasteiger partial charge is 0.368 e. The van der Waals surface area contributed by atoms with E-state index in [2.05, 4.69) is 4.90 Å². The Labute approximate surface area is 217 Å². The molecule has 2 aliphatic rings. The first-order valence-electron chi connectivity index (χ1n) is 11.8. The number of anilines is 1. The number of rotatable bonds is 5. The molecular formula is C28H23F2N3O3S. The third kappa shape index (κ3) is 5.41. The molecule has 188 valence electrons. The van der Waals surface area contributed by atoms with Gasteiger partial charge in [0.1, 0.15) is 11.6 Å². The number of thioether (sulfide) groups is 1. The zero-order valence-corrected chi connectivity index (χ0v) is 20.6. The van der Waals surface area contributed by atoms with Crippen LogP contribution in [0.2, 0.25) is 0 Å². The van der Waals surface area contributed by atoms with E-state index in [4.69, 9.17) is 0 Å². The molecule has 0 aliphatic carbocycles. The summed E-state index contributed by atoms with van der Waals surface area (Å²) in [7, 11) is 0. The van der Waals surface area contributed by atoms with Gasteiger partial charge in [-0.3, -0.25) is 19.3 Å². The number of piperazine rings is 1.